The third kappa shape index (κ3) is 3.77. The lowest BCUT2D eigenvalue weighted by Gasteiger charge is -2.23. The van der Waals surface area contributed by atoms with Crippen LogP contribution in [0.1, 0.15) is 30.9 Å². The molecule has 1 fully saturated rings. The van der Waals surface area contributed by atoms with Crippen LogP contribution in [0.15, 0.2) is 42.5 Å². The number of para-hydroxylation sites is 1. The van der Waals surface area contributed by atoms with E-state index >= 15 is 0 Å². The summed E-state index contributed by atoms with van der Waals surface area (Å²) in [7, 11) is 3.30. The number of benzene rings is 2. The summed E-state index contributed by atoms with van der Waals surface area (Å²) >= 11 is 0. The molecule has 0 bridgehead atoms. The van der Waals surface area contributed by atoms with E-state index in [0.717, 1.165) is 57.6 Å². The van der Waals surface area contributed by atoms with Crippen molar-refractivity contribution in [2.75, 3.05) is 14.2 Å². The number of methoxy groups -OCH3 is 2. The van der Waals surface area contributed by atoms with Crippen LogP contribution in [0.2, 0.25) is 0 Å². The molecule has 0 saturated heterocycles. The van der Waals surface area contributed by atoms with Crippen LogP contribution in [0.4, 0.5) is 0 Å². The molecule has 1 aliphatic rings. The van der Waals surface area contributed by atoms with Gasteiger partial charge in [0.1, 0.15) is 11.5 Å². The highest BCUT2D eigenvalue weighted by Gasteiger charge is 2.31. The van der Waals surface area contributed by atoms with E-state index in [1.807, 2.05) is 29.2 Å². The van der Waals surface area contributed by atoms with Gasteiger partial charge in [0.15, 0.2) is 0 Å². The quantitative estimate of drug-likeness (QED) is 0.610. The summed E-state index contributed by atoms with van der Waals surface area (Å²) in [6.07, 6.45) is 2.13. The largest absolute Gasteiger partial charge is 0.497 e. The van der Waals surface area contributed by atoms with E-state index in [1.54, 1.807) is 21.1 Å². The first-order chi connectivity index (χ1) is 14.0. The number of aryl methyl sites for hydroxylation is 1. The molecule has 0 unspecified atom stereocenters. The van der Waals surface area contributed by atoms with E-state index in [-0.39, 0.29) is 5.91 Å². The molecule has 5 heteroatoms. The van der Waals surface area contributed by atoms with Crippen molar-refractivity contribution in [2.24, 2.45) is 0 Å². The van der Waals surface area contributed by atoms with Crippen molar-refractivity contribution >= 4 is 16.8 Å². The lowest BCUT2D eigenvalue weighted by atomic mass is 10.00. The van der Waals surface area contributed by atoms with Gasteiger partial charge in [0.2, 0.25) is 5.91 Å². The highest BCUT2D eigenvalue weighted by Crippen LogP contribution is 2.37. The number of hydrogen-bond donors (Lipinski definition) is 0. The van der Waals surface area contributed by atoms with E-state index in [4.69, 9.17) is 14.5 Å². The molecule has 29 heavy (non-hydrogen) atoms. The Hall–Kier alpha value is -3.08. The van der Waals surface area contributed by atoms with Gasteiger partial charge < -0.3 is 14.4 Å². The zero-order valence-corrected chi connectivity index (χ0v) is 17.4. The number of ether oxygens (including phenoxy) is 2. The summed E-state index contributed by atoms with van der Waals surface area (Å²) in [5, 5.41) is 1.07. The fourth-order valence-corrected chi connectivity index (χ4v) is 3.81. The first kappa shape index (κ1) is 19.2. The molecule has 1 amide bonds. The number of pyridine rings is 1. The summed E-state index contributed by atoms with van der Waals surface area (Å²) in [6, 6.07) is 14.4. The van der Waals surface area contributed by atoms with Crippen LogP contribution < -0.4 is 9.47 Å². The van der Waals surface area contributed by atoms with Crippen LogP contribution in [-0.2, 0) is 11.3 Å². The molecule has 0 atom stereocenters. The van der Waals surface area contributed by atoms with Gasteiger partial charge in [0.05, 0.1) is 25.4 Å². The van der Waals surface area contributed by atoms with Crippen LogP contribution in [0.25, 0.3) is 22.2 Å². The summed E-state index contributed by atoms with van der Waals surface area (Å²) < 4.78 is 11.1. The predicted molar refractivity (Wildman–Crippen MR) is 114 cm³/mol. The Morgan fingerprint density at radius 1 is 1.14 bits per heavy atom. The minimum atomic E-state index is 0.0976. The van der Waals surface area contributed by atoms with Crippen molar-refractivity contribution in [2.45, 2.75) is 39.3 Å². The van der Waals surface area contributed by atoms with Crippen LogP contribution in [-0.4, -0.2) is 36.1 Å². The third-order valence-electron chi connectivity index (χ3n) is 5.52. The molecular weight excluding hydrogens is 364 g/mol. The normalized spacial score (nSPS) is 13.4. The van der Waals surface area contributed by atoms with Gasteiger partial charge in [-0.05, 0) is 55.2 Å². The Morgan fingerprint density at radius 3 is 2.59 bits per heavy atom. The lowest BCUT2D eigenvalue weighted by molar-refractivity contribution is -0.130. The van der Waals surface area contributed by atoms with Gasteiger partial charge >= 0.3 is 0 Å². The van der Waals surface area contributed by atoms with Crippen molar-refractivity contribution in [3.8, 4) is 22.8 Å². The van der Waals surface area contributed by atoms with Gasteiger partial charge in [-0.3, -0.25) is 4.79 Å². The number of hydrogen-bond acceptors (Lipinski definition) is 4. The Bertz CT molecular complexity index is 1070. The summed E-state index contributed by atoms with van der Waals surface area (Å²) in [5.74, 6) is 1.57. The minimum Gasteiger partial charge on any atom is -0.497 e. The van der Waals surface area contributed by atoms with E-state index in [1.165, 1.54) is 0 Å². The van der Waals surface area contributed by atoms with Gasteiger partial charge in [0, 0.05) is 30.5 Å². The summed E-state index contributed by atoms with van der Waals surface area (Å²) in [5.41, 5.74) is 4.78. The average molecular weight is 390 g/mol. The molecule has 4 rings (SSSR count). The zero-order valence-electron chi connectivity index (χ0n) is 17.4. The molecule has 0 N–H and O–H groups in total. The second-order valence-corrected chi connectivity index (χ2v) is 7.59. The number of fused-ring (bicyclic) bond motifs is 1. The molecule has 1 saturated carbocycles. The van der Waals surface area contributed by atoms with Crippen molar-refractivity contribution in [3.63, 3.8) is 0 Å². The first-order valence-electron chi connectivity index (χ1n) is 9.90. The molecule has 0 radical (unpaired) electrons. The van der Waals surface area contributed by atoms with Crippen molar-refractivity contribution in [1.29, 1.82) is 0 Å². The Morgan fingerprint density at radius 2 is 1.93 bits per heavy atom. The van der Waals surface area contributed by atoms with Gasteiger partial charge in [-0.25, -0.2) is 4.98 Å². The highest BCUT2D eigenvalue weighted by atomic mass is 16.5. The average Bonchev–Trinajstić information content (AvgIpc) is 3.56. The van der Waals surface area contributed by atoms with Gasteiger partial charge in [0.25, 0.3) is 0 Å². The lowest BCUT2D eigenvalue weighted by Crippen LogP contribution is -2.30. The number of carbonyl (C=O) groups is 1. The van der Waals surface area contributed by atoms with Crippen LogP contribution >= 0.6 is 0 Å². The predicted octanol–water partition coefficient (Wildman–Crippen LogP) is 4.74. The zero-order chi connectivity index (χ0) is 20.5. The first-order valence-corrected chi connectivity index (χ1v) is 9.90. The Kier molecular flexibility index (Phi) is 5.14. The third-order valence-corrected chi connectivity index (χ3v) is 5.52. The van der Waals surface area contributed by atoms with E-state index < -0.39 is 0 Å². The van der Waals surface area contributed by atoms with Gasteiger partial charge in [-0.2, -0.15) is 0 Å². The van der Waals surface area contributed by atoms with E-state index in [9.17, 15) is 4.79 Å². The molecule has 5 nitrogen and oxygen atoms in total. The maximum atomic E-state index is 12.3. The van der Waals surface area contributed by atoms with Crippen LogP contribution in [0, 0.1) is 6.92 Å². The number of aromatic nitrogens is 1. The van der Waals surface area contributed by atoms with Crippen molar-refractivity contribution in [3.05, 3.63) is 53.6 Å². The number of rotatable bonds is 6. The molecule has 1 heterocycles. The van der Waals surface area contributed by atoms with Crippen LogP contribution in [0.3, 0.4) is 0 Å². The molecule has 3 aromatic rings. The fourth-order valence-electron chi connectivity index (χ4n) is 3.81. The molecule has 0 spiro atoms. The molecule has 1 aliphatic carbocycles. The fraction of sp³-hybridized carbons (Fsp3) is 0.333. The highest BCUT2D eigenvalue weighted by molar-refractivity contribution is 5.87. The second-order valence-electron chi connectivity index (χ2n) is 7.59. The van der Waals surface area contributed by atoms with E-state index in [2.05, 4.69) is 25.1 Å². The number of carbonyl (C=O) groups excluding carboxylic acids is 1. The van der Waals surface area contributed by atoms with Gasteiger partial charge in [-0.15, -0.1) is 0 Å². The molecule has 1 aromatic heterocycles. The SMILES string of the molecule is COc1ccc(OC)c(-c2nc3c(C)cccc3cc2CN(C(C)=O)C2CC2)c1. The van der Waals surface area contributed by atoms with Crippen LogP contribution in [0.5, 0.6) is 11.5 Å². The molecular formula is C24H26N2O3. The standard InChI is InChI=1S/C24H26N2O3/c1-15-6-5-7-17-12-18(14-26(16(2)27)19-8-9-19)24(25-23(15)17)21-13-20(28-3)10-11-22(21)29-4/h5-7,10-13,19H,8-9,14H2,1-4H3. The topological polar surface area (TPSA) is 51.7 Å². The number of amides is 1. The summed E-state index contributed by atoms with van der Waals surface area (Å²) in [6.45, 7) is 4.24. The van der Waals surface area contributed by atoms with Crippen molar-refractivity contribution in [1.82, 2.24) is 9.88 Å². The van der Waals surface area contributed by atoms with Crippen molar-refractivity contribution < 1.29 is 14.3 Å². The number of nitrogens with zero attached hydrogens (tertiary/aromatic N) is 2. The Balaban J connectivity index is 1.93. The minimum absolute atomic E-state index is 0.0976. The van der Waals surface area contributed by atoms with E-state index in [0.29, 0.717) is 12.6 Å². The maximum Gasteiger partial charge on any atom is 0.219 e. The molecule has 0 aliphatic heterocycles. The molecule has 150 valence electrons. The Labute approximate surface area is 171 Å². The van der Waals surface area contributed by atoms with Gasteiger partial charge in [-0.1, -0.05) is 18.2 Å². The second kappa shape index (κ2) is 7.74. The monoisotopic (exact) mass is 390 g/mol. The summed E-state index contributed by atoms with van der Waals surface area (Å²) in [4.78, 5) is 19.3. The molecule has 2 aromatic carbocycles. The maximum absolute atomic E-state index is 12.3. The smallest absolute Gasteiger partial charge is 0.219 e.